The number of rotatable bonds is 4. The van der Waals surface area contributed by atoms with Crippen LogP contribution in [0.4, 0.5) is 11.4 Å². The minimum Gasteiger partial charge on any atom is -0.457 e. The van der Waals surface area contributed by atoms with E-state index in [4.69, 9.17) is 4.74 Å². The minimum atomic E-state index is -0.405. The van der Waals surface area contributed by atoms with Crippen LogP contribution in [0.2, 0.25) is 0 Å². The molecule has 1 aliphatic rings. The molecule has 0 saturated heterocycles. The number of fused-ring (bicyclic) bond motifs is 1. The van der Waals surface area contributed by atoms with Crippen LogP contribution in [0.3, 0.4) is 0 Å². The van der Waals surface area contributed by atoms with Crippen molar-refractivity contribution in [3.63, 3.8) is 0 Å². The Morgan fingerprint density at radius 2 is 1.65 bits per heavy atom. The standard InChI is InChI=1S/C18H20N2O3/c1-19(2)17-11-12-18(16-6-4-3-5-15(16)17)23-14-9-7-13(8-10-14)20(21)22/h7-12H,3-6H2,1-2H3. The van der Waals surface area contributed by atoms with Crippen LogP contribution >= 0.6 is 0 Å². The lowest BCUT2D eigenvalue weighted by molar-refractivity contribution is -0.384. The molecular formula is C18H20N2O3. The van der Waals surface area contributed by atoms with Crippen LogP contribution in [0.15, 0.2) is 36.4 Å². The molecule has 2 aromatic rings. The van der Waals surface area contributed by atoms with Gasteiger partial charge in [0.2, 0.25) is 0 Å². The van der Waals surface area contributed by atoms with Gasteiger partial charge < -0.3 is 9.64 Å². The van der Waals surface area contributed by atoms with Gasteiger partial charge in [-0.2, -0.15) is 0 Å². The van der Waals surface area contributed by atoms with Gasteiger partial charge in [0.15, 0.2) is 0 Å². The molecule has 0 heterocycles. The molecule has 1 aliphatic carbocycles. The predicted octanol–water partition coefficient (Wildman–Crippen LogP) is 4.33. The van der Waals surface area contributed by atoms with Crippen molar-refractivity contribution in [1.29, 1.82) is 0 Å². The topological polar surface area (TPSA) is 55.6 Å². The van der Waals surface area contributed by atoms with Crippen LogP contribution in [0.5, 0.6) is 11.5 Å². The lowest BCUT2D eigenvalue weighted by Gasteiger charge is -2.25. The van der Waals surface area contributed by atoms with Crippen LogP contribution in [0.25, 0.3) is 0 Å². The largest absolute Gasteiger partial charge is 0.457 e. The molecule has 0 spiro atoms. The quantitative estimate of drug-likeness (QED) is 0.623. The van der Waals surface area contributed by atoms with Gasteiger partial charge in [0, 0.05) is 37.5 Å². The third-order valence-corrected chi connectivity index (χ3v) is 4.22. The summed E-state index contributed by atoms with van der Waals surface area (Å²) >= 11 is 0. The second kappa shape index (κ2) is 6.28. The van der Waals surface area contributed by atoms with Gasteiger partial charge in [0.25, 0.3) is 5.69 Å². The van der Waals surface area contributed by atoms with Crippen molar-refractivity contribution in [2.75, 3.05) is 19.0 Å². The number of ether oxygens (including phenoxy) is 1. The summed E-state index contributed by atoms with van der Waals surface area (Å²) in [7, 11) is 4.11. The molecular weight excluding hydrogens is 292 g/mol. The average Bonchev–Trinajstić information content (AvgIpc) is 2.55. The molecule has 0 radical (unpaired) electrons. The fraction of sp³-hybridized carbons (Fsp3) is 0.333. The summed E-state index contributed by atoms with van der Waals surface area (Å²) in [4.78, 5) is 12.5. The first kappa shape index (κ1) is 15.3. The first-order chi connectivity index (χ1) is 11.1. The first-order valence-corrected chi connectivity index (χ1v) is 7.80. The molecule has 3 rings (SSSR count). The predicted molar refractivity (Wildman–Crippen MR) is 90.6 cm³/mol. The average molecular weight is 312 g/mol. The van der Waals surface area contributed by atoms with E-state index in [0.29, 0.717) is 5.75 Å². The van der Waals surface area contributed by atoms with Gasteiger partial charge in [0.05, 0.1) is 4.92 Å². The second-order valence-corrected chi connectivity index (χ2v) is 5.99. The van der Waals surface area contributed by atoms with E-state index in [9.17, 15) is 10.1 Å². The Morgan fingerprint density at radius 1 is 1.00 bits per heavy atom. The normalized spacial score (nSPS) is 13.3. The SMILES string of the molecule is CN(C)c1ccc(Oc2ccc([N+](=O)[O-])cc2)c2c1CCCC2. The van der Waals surface area contributed by atoms with Gasteiger partial charge in [-0.3, -0.25) is 10.1 Å². The van der Waals surface area contributed by atoms with E-state index < -0.39 is 4.92 Å². The van der Waals surface area contributed by atoms with Gasteiger partial charge in [0.1, 0.15) is 11.5 Å². The van der Waals surface area contributed by atoms with Crippen molar-refractivity contribution < 1.29 is 9.66 Å². The minimum absolute atomic E-state index is 0.0716. The van der Waals surface area contributed by atoms with Crippen molar-refractivity contribution in [2.45, 2.75) is 25.7 Å². The number of benzene rings is 2. The molecule has 0 saturated carbocycles. The Balaban J connectivity index is 1.92. The van der Waals surface area contributed by atoms with E-state index in [1.807, 2.05) is 6.07 Å². The molecule has 0 aliphatic heterocycles. The zero-order valence-electron chi connectivity index (χ0n) is 13.4. The van der Waals surface area contributed by atoms with Crippen LogP contribution in [0.1, 0.15) is 24.0 Å². The monoisotopic (exact) mass is 312 g/mol. The Kier molecular flexibility index (Phi) is 4.19. The number of hydrogen-bond acceptors (Lipinski definition) is 4. The third-order valence-electron chi connectivity index (χ3n) is 4.22. The van der Waals surface area contributed by atoms with Crippen LogP contribution in [-0.2, 0) is 12.8 Å². The highest BCUT2D eigenvalue weighted by molar-refractivity contribution is 5.61. The fourth-order valence-electron chi connectivity index (χ4n) is 3.09. The van der Waals surface area contributed by atoms with Gasteiger partial charge in [-0.15, -0.1) is 0 Å². The van der Waals surface area contributed by atoms with Crippen LogP contribution in [-0.4, -0.2) is 19.0 Å². The summed E-state index contributed by atoms with van der Waals surface area (Å²) in [5.74, 6) is 1.49. The number of nitrogens with zero attached hydrogens (tertiary/aromatic N) is 2. The Labute approximate surface area is 135 Å². The summed E-state index contributed by atoms with van der Waals surface area (Å²) < 4.78 is 6.01. The summed E-state index contributed by atoms with van der Waals surface area (Å²) in [5.41, 5.74) is 3.94. The van der Waals surface area contributed by atoms with E-state index in [1.165, 1.54) is 41.8 Å². The molecule has 23 heavy (non-hydrogen) atoms. The van der Waals surface area contributed by atoms with Crippen molar-refractivity contribution in [3.8, 4) is 11.5 Å². The molecule has 120 valence electrons. The van der Waals surface area contributed by atoms with E-state index in [0.717, 1.165) is 18.6 Å². The molecule has 0 unspecified atom stereocenters. The number of non-ortho nitro benzene ring substituents is 1. The first-order valence-electron chi connectivity index (χ1n) is 7.80. The summed E-state index contributed by atoms with van der Waals surface area (Å²) in [6.45, 7) is 0. The van der Waals surface area contributed by atoms with Gasteiger partial charge in [-0.1, -0.05) is 0 Å². The molecule has 0 N–H and O–H groups in total. The van der Waals surface area contributed by atoms with Crippen LogP contribution in [0, 0.1) is 10.1 Å². The number of hydrogen-bond donors (Lipinski definition) is 0. The van der Waals surface area contributed by atoms with Gasteiger partial charge in [-0.25, -0.2) is 0 Å². The highest BCUT2D eigenvalue weighted by Crippen LogP contribution is 2.38. The highest BCUT2D eigenvalue weighted by atomic mass is 16.6. The maximum absolute atomic E-state index is 10.7. The van der Waals surface area contributed by atoms with Crippen LogP contribution < -0.4 is 9.64 Å². The van der Waals surface area contributed by atoms with E-state index in [1.54, 1.807) is 12.1 Å². The molecule has 2 aromatic carbocycles. The highest BCUT2D eigenvalue weighted by Gasteiger charge is 2.19. The molecule has 0 amide bonds. The van der Waals surface area contributed by atoms with Crippen molar-refractivity contribution in [1.82, 2.24) is 0 Å². The van der Waals surface area contributed by atoms with Crippen molar-refractivity contribution in [3.05, 3.63) is 57.6 Å². The summed E-state index contributed by atoms with van der Waals surface area (Å²) in [6.07, 6.45) is 4.45. The van der Waals surface area contributed by atoms with E-state index in [-0.39, 0.29) is 5.69 Å². The maximum atomic E-state index is 10.7. The third kappa shape index (κ3) is 3.13. The Hall–Kier alpha value is -2.56. The van der Waals surface area contributed by atoms with E-state index in [2.05, 4.69) is 25.1 Å². The van der Waals surface area contributed by atoms with E-state index >= 15 is 0 Å². The lowest BCUT2D eigenvalue weighted by atomic mass is 9.89. The number of nitro groups is 1. The molecule has 5 heteroatoms. The van der Waals surface area contributed by atoms with Crippen molar-refractivity contribution in [2.24, 2.45) is 0 Å². The molecule has 0 atom stereocenters. The zero-order chi connectivity index (χ0) is 16.4. The maximum Gasteiger partial charge on any atom is 0.269 e. The fourth-order valence-corrected chi connectivity index (χ4v) is 3.09. The van der Waals surface area contributed by atoms with Crippen molar-refractivity contribution >= 4 is 11.4 Å². The second-order valence-electron chi connectivity index (χ2n) is 5.99. The molecule has 5 nitrogen and oxygen atoms in total. The molecule has 0 aromatic heterocycles. The lowest BCUT2D eigenvalue weighted by Crippen LogP contribution is -2.15. The zero-order valence-corrected chi connectivity index (χ0v) is 13.4. The summed E-state index contributed by atoms with van der Waals surface area (Å²) in [5, 5.41) is 10.7. The van der Waals surface area contributed by atoms with Gasteiger partial charge in [-0.05, 0) is 55.5 Å². The Morgan fingerprint density at radius 3 is 2.26 bits per heavy atom. The molecule has 0 fully saturated rings. The number of nitro benzene ring substituents is 1. The summed E-state index contributed by atoms with van der Waals surface area (Å²) in [6, 6.07) is 10.3. The molecule has 0 bridgehead atoms. The number of anilines is 1. The van der Waals surface area contributed by atoms with Gasteiger partial charge >= 0.3 is 0 Å². The Bertz CT molecular complexity index is 724. The smallest absolute Gasteiger partial charge is 0.269 e.